The number of carbonyl (C=O) groups is 3. The standard InChI is InChI=1S/C40H36ClF3N4O7/c41-31-11-6-10-30-34(22-39(55-35(30)31)17-19-48(20-18-39)37(50)46-27-13-15-28(16-14-27)54-40(42,43)44)53-36(49)33(21-26-23-45-32-12-5-4-9-29(26)32)47-38(51)52-24-25-7-2-1-3-8-25/h1-16,23,33-34,45H,17-22,24H2,(H,46,50)(H,47,51)/t33-,34+/m0/s1. The van der Waals surface area contributed by atoms with Gasteiger partial charge in [-0.05, 0) is 47.5 Å². The molecule has 15 heteroatoms. The van der Waals surface area contributed by atoms with Gasteiger partial charge < -0.3 is 39.5 Å². The molecule has 0 radical (unpaired) electrons. The lowest BCUT2D eigenvalue weighted by atomic mass is 9.81. The van der Waals surface area contributed by atoms with Crippen LogP contribution < -0.4 is 20.1 Å². The highest BCUT2D eigenvalue weighted by molar-refractivity contribution is 6.32. The van der Waals surface area contributed by atoms with Gasteiger partial charge in [0.25, 0.3) is 0 Å². The number of H-pyrrole nitrogens is 1. The molecule has 11 nitrogen and oxygen atoms in total. The van der Waals surface area contributed by atoms with E-state index in [4.69, 9.17) is 25.8 Å². The van der Waals surface area contributed by atoms with E-state index in [0.717, 1.165) is 34.2 Å². The number of alkyl halides is 3. The minimum atomic E-state index is -4.83. The highest BCUT2D eigenvalue weighted by atomic mass is 35.5. The van der Waals surface area contributed by atoms with Crippen LogP contribution in [0.4, 0.5) is 28.4 Å². The van der Waals surface area contributed by atoms with E-state index in [1.165, 1.54) is 12.1 Å². The van der Waals surface area contributed by atoms with Crippen molar-refractivity contribution in [3.8, 4) is 11.5 Å². The molecule has 2 aliphatic heterocycles. The average molecular weight is 777 g/mol. The van der Waals surface area contributed by atoms with Crippen molar-refractivity contribution in [3.63, 3.8) is 0 Å². The molecule has 4 aromatic carbocycles. The van der Waals surface area contributed by atoms with Crippen LogP contribution >= 0.6 is 11.6 Å². The zero-order valence-corrected chi connectivity index (χ0v) is 30.0. The van der Waals surface area contributed by atoms with Gasteiger partial charge in [0.2, 0.25) is 0 Å². The van der Waals surface area contributed by atoms with Crippen LogP contribution in [0.5, 0.6) is 11.5 Å². The molecule has 3 amide bonds. The van der Waals surface area contributed by atoms with E-state index >= 15 is 0 Å². The summed E-state index contributed by atoms with van der Waals surface area (Å²) in [5.74, 6) is -0.716. The Morgan fingerprint density at radius 1 is 0.945 bits per heavy atom. The smallest absolute Gasteiger partial charge is 0.485 e. The van der Waals surface area contributed by atoms with Crippen molar-refractivity contribution in [2.75, 3.05) is 18.4 Å². The summed E-state index contributed by atoms with van der Waals surface area (Å²) in [4.78, 5) is 45.2. The average Bonchev–Trinajstić information content (AvgIpc) is 3.57. The molecule has 0 saturated carbocycles. The number of hydrogen-bond acceptors (Lipinski definition) is 7. The second-order valence-corrected chi connectivity index (χ2v) is 13.8. The number of amides is 3. The van der Waals surface area contributed by atoms with Gasteiger partial charge in [-0.1, -0.05) is 72.3 Å². The molecule has 0 aliphatic carbocycles. The maximum atomic E-state index is 14.2. The molecular weight excluding hydrogens is 741 g/mol. The number of esters is 1. The van der Waals surface area contributed by atoms with E-state index in [0.29, 0.717) is 34.9 Å². The molecule has 0 unspecified atom stereocenters. The molecule has 5 aromatic rings. The molecule has 286 valence electrons. The molecule has 0 bridgehead atoms. The monoisotopic (exact) mass is 776 g/mol. The minimum Gasteiger partial charge on any atom is -0.485 e. The first-order valence-electron chi connectivity index (χ1n) is 17.6. The minimum absolute atomic E-state index is 0.00806. The number of para-hydroxylation sites is 2. The molecule has 2 atom stereocenters. The quantitative estimate of drug-likeness (QED) is 0.128. The van der Waals surface area contributed by atoms with Gasteiger partial charge in [-0.3, -0.25) is 0 Å². The Hall–Kier alpha value is -5.89. The number of aromatic amines is 1. The van der Waals surface area contributed by atoms with E-state index in [1.807, 2.05) is 54.6 Å². The lowest BCUT2D eigenvalue weighted by Gasteiger charge is -2.46. The molecule has 1 fully saturated rings. The highest BCUT2D eigenvalue weighted by Gasteiger charge is 2.46. The Morgan fingerprint density at radius 3 is 2.42 bits per heavy atom. The van der Waals surface area contributed by atoms with Gasteiger partial charge in [0.1, 0.15) is 35.9 Å². The van der Waals surface area contributed by atoms with Gasteiger partial charge >= 0.3 is 24.5 Å². The number of hydrogen-bond donors (Lipinski definition) is 3. The van der Waals surface area contributed by atoms with Crippen LogP contribution in [0, 0.1) is 0 Å². The predicted octanol–water partition coefficient (Wildman–Crippen LogP) is 8.69. The number of likely N-dealkylation sites (tertiary alicyclic amines) is 1. The number of halogens is 4. The normalized spacial score (nSPS) is 16.7. The first-order chi connectivity index (χ1) is 26.4. The van der Waals surface area contributed by atoms with E-state index in [-0.39, 0.29) is 32.5 Å². The van der Waals surface area contributed by atoms with E-state index in [2.05, 4.69) is 20.4 Å². The number of benzene rings is 4. The molecule has 1 saturated heterocycles. The SMILES string of the molecule is O=C(N[C@@H](Cc1c[nH]c2ccccc12)C(=O)O[C@@H]1CC2(CCN(C(=O)Nc3ccc(OC(F)(F)F)cc3)CC2)Oc2c(Cl)cccc21)OCc1ccccc1. The number of piperidine rings is 1. The van der Waals surface area contributed by atoms with Gasteiger partial charge in [-0.15, -0.1) is 13.2 Å². The summed E-state index contributed by atoms with van der Waals surface area (Å²) >= 11 is 6.64. The molecule has 2 aliphatic rings. The number of alkyl carbamates (subject to hydrolysis) is 1. The fraction of sp³-hybridized carbons (Fsp3) is 0.275. The second kappa shape index (κ2) is 15.8. The van der Waals surface area contributed by atoms with Crippen LogP contribution in [-0.2, 0) is 27.3 Å². The van der Waals surface area contributed by atoms with Crippen LogP contribution in [0.15, 0.2) is 103 Å². The summed E-state index contributed by atoms with van der Waals surface area (Å²) in [6, 6.07) is 25.3. The molecular formula is C40H36ClF3N4O7. The van der Waals surface area contributed by atoms with Gasteiger partial charge in [0, 0.05) is 67.1 Å². The molecule has 1 aromatic heterocycles. The summed E-state index contributed by atoms with van der Waals surface area (Å²) in [5.41, 5.74) is 2.46. The van der Waals surface area contributed by atoms with Crippen molar-refractivity contribution in [1.82, 2.24) is 15.2 Å². The third-order valence-corrected chi connectivity index (χ3v) is 9.97. The number of aromatic nitrogens is 1. The van der Waals surface area contributed by atoms with Crippen LogP contribution in [0.25, 0.3) is 10.9 Å². The number of rotatable bonds is 9. The lowest BCUT2D eigenvalue weighted by Crippen LogP contribution is -2.53. The highest BCUT2D eigenvalue weighted by Crippen LogP contribution is 2.48. The van der Waals surface area contributed by atoms with Crippen LogP contribution in [0.2, 0.25) is 5.02 Å². The number of fused-ring (bicyclic) bond motifs is 2. The maximum absolute atomic E-state index is 14.2. The van der Waals surface area contributed by atoms with Gasteiger partial charge in [0.15, 0.2) is 0 Å². The topological polar surface area (TPSA) is 131 Å². The van der Waals surface area contributed by atoms with Crippen LogP contribution in [-0.4, -0.2) is 59.1 Å². The fourth-order valence-electron chi connectivity index (χ4n) is 6.91. The number of nitrogens with one attached hydrogen (secondary N) is 3. The lowest BCUT2D eigenvalue weighted by molar-refractivity contribution is -0.274. The van der Waals surface area contributed by atoms with E-state index in [1.54, 1.807) is 29.3 Å². The third kappa shape index (κ3) is 9.08. The number of carbonyl (C=O) groups excluding carboxylic acids is 3. The Labute approximate surface area is 318 Å². The van der Waals surface area contributed by atoms with Crippen molar-refractivity contribution >= 4 is 46.3 Å². The summed E-state index contributed by atoms with van der Waals surface area (Å²) < 4.78 is 59.8. The summed E-state index contributed by atoms with van der Waals surface area (Å²) in [6.07, 6.45) is -3.54. The van der Waals surface area contributed by atoms with Crippen molar-refractivity contribution in [3.05, 3.63) is 125 Å². The number of nitrogens with zero attached hydrogens (tertiary/aromatic N) is 1. The zero-order chi connectivity index (χ0) is 38.6. The molecule has 55 heavy (non-hydrogen) atoms. The van der Waals surface area contributed by atoms with Crippen LogP contribution in [0.3, 0.4) is 0 Å². The van der Waals surface area contributed by atoms with Gasteiger partial charge in [-0.2, -0.15) is 0 Å². The van der Waals surface area contributed by atoms with Crippen molar-refractivity contribution < 1.29 is 46.5 Å². The Balaban J connectivity index is 1.05. The largest absolute Gasteiger partial charge is 0.573 e. The van der Waals surface area contributed by atoms with Gasteiger partial charge in [0.05, 0.1) is 5.02 Å². The third-order valence-electron chi connectivity index (χ3n) is 9.67. The fourth-order valence-corrected chi connectivity index (χ4v) is 7.13. The second-order valence-electron chi connectivity index (χ2n) is 13.4. The summed E-state index contributed by atoms with van der Waals surface area (Å²) in [6.45, 7) is 0.535. The molecule has 1 spiro atoms. The van der Waals surface area contributed by atoms with Gasteiger partial charge in [-0.25, -0.2) is 14.4 Å². The zero-order valence-electron chi connectivity index (χ0n) is 29.2. The first kappa shape index (κ1) is 37.4. The number of urea groups is 1. The predicted molar refractivity (Wildman–Crippen MR) is 197 cm³/mol. The maximum Gasteiger partial charge on any atom is 0.573 e. The van der Waals surface area contributed by atoms with Crippen molar-refractivity contribution in [2.45, 2.75) is 56.4 Å². The Morgan fingerprint density at radius 2 is 1.67 bits per heavy atom. The summed E-state index contributed by atoms with van der Waals surface area (Å²) in [5, 5.41) is 6.64. The summed E-state index contributed by atoms with van der Waals surface area (Å²) in [7, 11) is 0. The number of anilines is 1. The van der Waals surface area contributed by atoms with E-state index < -0.39 is 48.0 Å². The molecule has 3 N–H and O–H groups in total. The molecule has 7 rings (SSSR count). The Kier molecular flexibility index (Phi) is 10.8. The molecule has 3 heterocycles. The first-order valence-corrected chi connectivity index (χ1v) is 17.9. The Bertz CT molecular complexity index is 2160. The number of ether oxygens (including phenoxy) is 4. The van der Waals surface area contributed by atoms with Crippen LogP contribution in [0.1, 0.15) is 42.1 Å². The van der Waals surface area contributed by atoms with Crippen molar-refractivity contribution in [1.29, 1.82) is 0 Å². The van der Waals surface area contributed by atoms with E-state index in [9.17, 15) is 27.6 Å². The van der Waals surface area contributed by atoms with Crippen molar-refractivity contribution in [2.24, 2.45) is 0 Å².